The molecular formula is C15H17NO3S. The first-order chi connectivity index (χ1) is 9.46. The van der Waals surface area contributed by atoms with E-state index < -0.39 is 10.0 Å². The molecule has 0 radical (unpaired) electrons. The summed E-state index contributed by atoms with van der Waals surface area (Å²) in [5, 5.41) is 9.42. The van der Waals surface area contributed by atoms with Gasteiger partial charge in [0.25, 0.3) is 0 Å². The van der Waals surface area contributed by atoms with E-state index in [1.54, 1.807) is 19.1 Å². The fourth-order valence-corrected chi connectivity index (χ4v) is 2.94. The van der Waals surface area contributed by atoms with Crippen LogP contribution in [0.4, 0.5) is 5.69 Å². The number of nitrogens with one attached hydrogen (secondary N) is 1. The number of hydrogen-bond acceptors (Lipinski definition) is 3. The fraction of sp³-hybridized carbons (Fsp3) is 0.200. The van der Waals surface area contributed by atoms with Gasteiger partial charge in [-0.05, 0) is 42.7 Å². The molecule has 0 spiro atoms. The molecule has 2 rings (SSSR count). The molecule has 0 fully saturated rings. The molecule has 0 aromatic heterocycles. The minimum Gasteiger partial charge on any atom is -0.508 e. The van der Waals surface area contributed by atoms with Crippen molar-refractivity contribution < 1.29 is 13.5 Å². The van der Waals surface area contributed by atoms with E-state index in [9.17, 15) is 13.5 Å². The Labute approximate surface area is 119 Å². The Morgan fingerprint density at radius 3 is 2.45 bits per heavy atom. The fourth-order valence-electron chi connectivity index (χ4n) is 1.85. The average Bonchev–Trinajstić information content (AvgIpc) is 2.42. The molecule has 0 aliphatic carbocycles. The van der Waals surface area contributed by atoms with Crippen LogP contribution < -0.4 is 4.72 Å². The van der Waals surface area contributed by atoms with Gasteiger partial charge in [-0.1, -0.05) is 30.3 Å². The molecule has 0 aliphatic rings. The molecule has 0 saturated heterocycles. The monoisotopic (exact) mass is 291 g/mol. The van der Waals surface area contributed by atoms with E-state index >= 15 is 0 Å². The lowest BCUT2D eigenvalue weighted by atomic mass is 10.2. The number of phenolic OH excluding ortho intramolecular Hbond substituents is 1. The van der Waals surface area contributed by atoms with Gasteiger partial charge in [-0.2, -0.15) is 0 Å². The molecule has 2 aromatic rings. The molecule has 5 heteroatoms. The van der Waals surface area contributed by atoms with E-state index in [4.69, 9.17) is 0 Å². The summed E-state index contributed by atoms with van der Waals surface area (Å²) in [6.45, 7) is 1.72. The van der Waals surface area contributed by atoms with Gasteiger partial charge in [-0.25, -0.2) is 8.42 Å². The number of anilines is 1. The van der Waals surface area contributed by atoms with E-state index in [-0.39, 0.29) is 11.5 Å². The first kappa shape index (κ1) is 14.4. The van der Waals surface area contributed by atoms with Gasteiger partial charge in [0.2, 0.25) is 10.0 Å². The number of aromatic hydroxyl groups is 1. The quantitative estimate of drug-likeness (QED) is 0.832. The summed E-state index contributed by atoms with van der Waals surface area (Å²) >= 11 is 0. The molecule has 0 amide bonds. The first-order valence-corrected chi connectivity index (χ1v) is 7.95. The maximum Gasteiger partial charge on any atom is 0.233 e. The lowest BCUT2D eigenvalue weighted by Crippen LogP contribution is -2.18. The number of hydrogen-bond donors (Lipinski definition) is 2. The van der Waals surface area contributed by atoms with Crippen LogP contribution in [0.3, 0.4) is 0 Å². The van der Waals surface area contributed by atoms with Crippen LogP contribution in [0.5, 0.6) is 5.75 Å². The van der Waals surface area contributed by atoms with Crippen LogP contribution in [-0.2, 0) is 16.4 Å². The summed E-state index contributed by atoms with van der Waals surface area (Å²) in [5.41, 5.74) is 2.08. The Morgan fingerprint density at radius 1 is 1.10 bits per heavy atom. The number of phenols is 1. The third-order valence-electron chi connectivity index (χ3n) is 2.97. The molecule has 0 unspecified atom stereocenters. The van der Waals surface area contributed by atoms with Crippen molar-refractivity contribution in [3.05, 3.63) is 59.7 Å². The van der Waals surface area contributed by atoms with Gasteiger partial charge in [0.1, 0.15) is 5.75 Å². The van der Waals surface area contributed by atoms with E-state index in [2.05, 4.69) is 4.72 Å². The maximum atomic E-state index is 12.0. The minimum absolute atomic E-state index is 0.0247. The van der Waals surface area contributed by atoms with Crippen molar-refractivity contribution in [1.29, 1.82) is 0 Å². The highest BCUT2D eigenvalue weighted by molar-refractivity contribution is 7.92. The van der Waals surface area contributed by atoms with Gasteiger partial charge in [0.15, 0.2) is 0 Å². The van der Waals surface area contributed by atoms with Gasteiger partial charge >= 0.3 is 0 Å². The standard InChI is InChI=1S/C15H17NO3S/c1-12-11-14(7-8-15(12)17)16-20(18,19)10-9-13-5-3-2-4-6-13/h2-8,11,16-17H,9-10H2,1H3. The van der Waals surface area contributed by atoms with Crippen molar-refractivity contribution in [3.8, 4) is 5.75 Å². The van der Waals surface area contributed by atoms with Gasteiger partial charge in [-0.15, -0.1) is 0 Å². The SMILES string of the molecule is Cc1cc(NS(=O)(=O)CCc2ccccc2)ccc1O. The molecule has 2 N–H and O–H groups in total. The van der Waals surface area contributed by atoms with Crippen LogP contribution in [0.15, 0.2) is 48.5 Å². The first-order valence-electron chi connectivity index (χ1n) is 6.30. The summed E-state index contributed by atoms with van der Waals surface area (Å²) in [5.74, 6) is 0.175. The molecule has 4 nitrogen and oxygen atoms in total. The van der Waals surface area contributed by atoms with Crippen molar-refractivity contribution in [1.82, 2.24) is 0 Å². The lowest BCUT2D eigenvalue weighted by molar-refractivity contribution is 0.471. The van der Waals surface area contributed by atoms with E-state index in [0.717, 1.165) is 5.56 Å². The number of aryl methyl sites for hydroxylation is 2. The Balaban J connectivity index is 2.02. The van der Waals surface area contributed by atoms with Crippen LogP contribution >= 0.6 is 0 Å². The second-order valence-corrected chi connectivity index (χ2v) is 6.50. The van der Waals surface area contributed by atoms with Crippen LogP contribution in [0, 0.1) is 6.92 Å². The minimum atomic E-state index is -3.39. The molecule has 0 saturated carbocycles. The molecule has 0 bridgehead atoms. The zero-order chi connectivity index (χ0) is 14.6. The van der Waals surface area contributed by atoms with Crippen LogP contribution in [-0.4, -0.2) is 19.3 Å². The Bertz CT molecular complexity index is 682. The van der Waals surface area contributed by atoms with Gasteiger partial charge in [0, 0.05) is 5.69 Å². The number of rotatable bonds is 5. The summed E-state index contributed by atoms with van der Waals surface area (Å²) < 4.78 is 26.5. The molecular weight excluding hydrogens is 274 g/mol. The Hall–Kier alpha value is -2.01. The topological polar surface area (TPSA) is 66.4 Å². The molecule has 2 aromatic carbocycles. The van der Waals surface area contributed by atoms with Crippen molar-refractivity contribution in [3.63, 3.8) is 0 Å². The van der Waals surface area contributed by atoms with Gasteiger partial charge < -0.3 is 5.11 Å². The van der Waals surface area contributed by atoms with Crippen molar-refractivity contribution in [2.75, 3.05) is 10.5 Å². The molecule has 20 heavy (non-hydrogen) atoms. The summed E-state index contributed by atoms with van der Waals surface area (Å²) in [7, 11) is -3.39. The molecule has 106 valence electrons. The maximum absolute atomic E-state index is 12.0. The zero-order valence-corrected chi connectivity index (χ0v) is 12.0. The van der Waals surface area contributed by atoms with Gasteiger partial charge in [0.05, 0.1) is 5.75 Å². The van der Waals surface area contributed by atoms with E-state index in [0.29, 0.717) is 17.7 Å². The molecule has 0 aliphatic heterocycles. The molecule has 0 atom stereocenters. The van der Waals surface area contributed by atoms with Crippen LogP contribution in [0.1, 0.15) is 11.1 Å². The summed E-state index contributed by atoms with van der Waals surface area (Å²) in [6, 6.07) is 14.1. The van der Waals surface area contributed by atoms with E-state index in [1.165, 1.54) is 6.07 Å². The predicted molar refractivity (Wildman–Crippen MR) is 80.4 cm³/mol. The van der Waals surface area contributed by atoms with Gasteiger partial charge in [-0.3, -0.25) is 4.72 Å². The third-order valence-corrected chi connectivity index (χ3v) is 4.26. The average molecular weight is 291 g/mol. The highest BCUT2D eigenvalue weighted by Crippen LogP contribution is 2.21. The smallest absolute Gasteiger partial charge is 0.233 e. The molecule has 0 heterocycles. The van der Waals surface area contributed by atoms with Crippen molar-refractivity contribution >= 4 is 15.7 Å². The van der Waals surface area contributed by atoms with E-state index in [1.807, 2.05) is 30.3 Å². The van der Waals surface area contributed by atoms with Crippen molar-refractivity contribution in [2.24, 2.45) is 0 Å². The normalized spacial score (nSPS) is 11.2. The highest BCUT2D eigenvalue weighted by atomic mass is 32.2. The second kappa shape index (κ2) is 5.96. The predicted octanol–water partition coefficient (Wildman–Crippen LogP) is 2.69. The zero-order valence-electron chi connectivity index (χ0n) is 11.2. The highest BCUT2D eigenvalue weighted by Gasteiger charge is 2.11. The van der Waals surface area contributed by atoms with Crippen LogP contribution in [0.25, 0.3) is 0 Å². The number of benzene rings is 2. The second-order valence-electron chi connectivity index (χ2n) is 4.66. The lowest BCUT2D eigenvalue weighted by Gasteiger charge is -2.09. The van der Waals surface area contributed by atoms with Crippen molar-refractivity contribution in [2.45, 2.75) is 13.3 Å². The summed E-state index contributed by atoms with van der Waals surface area (Å²) in [6.07, 6.45) is 0.466. The Morgan fingerprint density at radius 2 is 1.80 bits per heavy atom. The largest absolute Gasteiger partial charge is 0.508 e. The Kier molecular flexibility index (Phi) is 4.29. The number of sulfonamides is 1. The summed E-state index contributed by atoms with van der Waals surface area (Å²) in [4.78, 5) is 0. The third kappa shape index (κ3) is 3.99. The van der Waals surface area contributed by atoms with Crippen LogP contribution in [0.2, 0.25) is 0 Å².